The van der Waals surface area contributed by atoms with Crippen molar-refractivity contribution in [2.45, 2.75) is 20.5 Å². The first-order chi connectivity index (χ1) is 15.5. The monoisotopic (exact) mass is 429 g/mol. The topological polar surface area (TPSA) is 56.1 Å². The molecule has 4 aromatic rings. The molecule has 0 fully saturated rings. The number of imidazole rings is 1. The number of rotatable bonds is 8. The van der Waals surface area contributed by atoms with Gasteiger partial charge in [-0.25, -0.2) is 4.98 Å². The van der Waals surface area contributed by atoms with Crippen molar-refractivity contribution in [1.29, 1.82) is 0 Å². The Balaban J connectivity index is 1.29. The number of hydrogen-bond acceptors (Lipinski definition) is 4. The molecule has 0 atom stereocenters. The number of aryl methyl sites for hydroxylation is 2. The molecule has 4 rings (SSSR count). The van der Waals surface area contributed by atoms with Crippen LogP contribution in [0.3, 0.4) is 0 Å². The molecule has 0 unspecified atom stereocenters. The van der Waals surface area contributed by atoms with E-state index < -0.39 is 0 Å². The van der Waals surface area contributed by atoms with Crippen molar-refractivity contribution >= 4 is 11.6 Å². The Morgan fingerprint density at radius 2 is 1.72 bits per heavy atom. The zero-order chi connectivity index (χ0) is 22.5. The third kappa shape index (κ3) is 4.91. The summed E-state index contributed by atoms with van der Waals surface area (Å²) in [5, 5.41) is 0. The van der Waals surface area contributed by atoms with Crippen LogP contribution in [0.5, 0.6) is 11.5 Å². The largest absolute Gasteiger partial charge is 0.491 e. The number of hydrogen-bond donors (Lipinski definition) is 0. The third-order valence-corrected chi connectivity index (χ3v) is 5.34. The Hall–Kier alpha value is -3.80. The number of carbonyl (C=O) groups is 1. The van der Waals surface area contributed by atoms with Crippen LogP contribution < -0.4 is 9.47 Å². The maximum atomic E-state index is 12.7. The molecule has 0 aliphatic carbocycles. The lowest BCUT2D eigenvalue weighted by Gasteiger charge is -2.18. The second-order valence-corrected chi connectivity index (χ2v) is 7.81. The van der Waals surface area contributed by atoms with Crippen molar-refractivity contribution < 1.29 is 14.3 Å². The van der Waals surface area contributed by atoms with Gasteiger partial charge in [0.2, 0.25) is 0 Å². The minimum Gasteiger partial charge on any atom is -0.491 e. The average molecular weight is 430 g/mol. The molecule has 0 radical (unpaired) electrons. The zero-order valence-electron chi connectivity index (χ0n) is 18.6. The Bertz CT molecular complexity index is 1210. The minimum absolute atomic E-state index is 0.0549. The molecule has 0 N–H and O–H groups in total. The van der Waals surface area contributed by atoms with E-state index in [-0.39, 0.29) is 5.91 Å². The predicted octanol–water partition coefficient (Wildman–Crippen LogP) is 4.68. The van der Waals surface area contributed by atoms with Gasteiger partial charge in [0.15, 0.2) is 0 Å². The first-order valence-corrected chi connectivity index (χ1v) is 10.6. The van der Waals surface area contributed by atoms with Gasteiger partial charge in [0, 0.05) is 25.0 Å². The fraction of sp³-hybridized carbons (Fsp3) is 0.231. The fourth-order valence-corrected chi connectivity index (χ4v) is 3.46. The number of carbonyl (C=O) groups excluding carboxylic acids is 1. The van der Waals surface area contributed by atoms with Crippen LogP contribution in [0.25, 0.3) is 5.65 Å². The normalized spacial score (nSPS) is 10.8. The van der Waals surface area contributed by atoms with Crippen molar-refractivity contribution in [1.82, 2.24) is 14.3 Å². The van der Waals surface area contributed by atoms with Gasteiger partial charge in [-0.15, -0.1) is 0 Å². The van der Waals surface area contributed by atoms with Crippen LogP contribution in [0, 0.1) is 13.8 Å². The van der Waals surface area contributed by atoms with Crippen LogP contribution in [0.4, 0.5) is 0 Å². The first-order valence-electron chi connectivity index (χ1n) is 10.6. The molecule has 6 heteroatoms. The number of benzene rings is 2. The summed E-state index contributed by atoms with van der Waals surface area (Å²) in [6.45, 7) is 5.34. The summed E-state index contributed by atoms with van der Waals surface area (Å²) in [6.07, 6.45) is 3.94. The number of pyridine rings is 1. The Labute approximate surface area is 188 Å². The summed E-state index contributed by atoms with van der Waals surface area (Å²) < 4.78 is 13.6. The lowest BCUT2D eigenvalue weighted by Crippen LogP contribution is -2.30. The number of likely N-dealkylation sites (N-methyl/N-ethyl adjacent to an activating group) is 1. The van der Waals surface area contributed by atoms with Crippen molar-refractivity contribution in [2.75, 3.05) is 20.2 Å². The standard InChI is InChI=1S/C26H27N3O3/c1-19-7-4-5-9-24(19)31-16-15-28(3)26(30)21-10-12-23(13-11-21)32-18-22-17-29-14-6-8-20(2)25(29)27-22/h4-14,17H,15-16,18H2,1-3H3. The minimum atomic E-state index is -0.0549. The van der Waals surface area contributed by atoms with E-state index >= 15 is 0 Å². The molecular weight excluding hydrogens is 402 g/mol. The smallest absolute Gasteiger partial charge is 0.253 e. The van der Waals surface area contributed by atoms with Gasteiger partial charge in [0.05, 0.1) is 12.2 Å². The van der Waals surface area contributed by atoms with Crippen LogP contribution in [-0.2, 0) is 6.61 Å². The molecule has 0 saturated carbocycles. The van der Waals surface area contributed by atoms with Gasteiger partial charge >= 0.3 is 0 Å². The Kier molecular flexibility index (Phi) is 6.40. The molecule has 1 amide bonds. The maximum Gasteiger partial charge on any atom is 0.253 e. The zero-order valence-corrected chi connectivity index (χ0v) is 18.6. The van der Waals surface area contributed by atoms with Gasteiger partial charge in [-0.05, 0) is 61.4 Å². The van der Waals surface area contributed by atoms with E-state index in [2.05, 4.69) is 4.98 Å². The van der Waals surface area contributed by atoms with Crippen LogP contribution in [0.1, 0.15) is 27.2 Å². The summed E-state index contributed by atoms with van der Waals surface area (Å²) in [5.74, 6) is 1.48. The number of ether oxygens (including phenoxy) is 2. The van der Waals surface area contributed by atoms with E-state index in [9.17, 15) is 4.79 Å². The number of fused-ring (bicyclic) bond motifs is 1. The van der Waals surface area contributed by atoms with Gasteiger partial charge in [-0.1, -0.05) is 24.3 Å². The molecule has 2 aromatic carbocycles. The summed E-state index contributed by atoms with van der Waals surface area (Å²) in [5.41, 5.74) is 4.60. The molecule has 0 spiro atoms. The van der Waals surface area contributed by atoms with Crippen molar-refractivity contribution in [3.63, 3.8) is 0 Å². The van der Waals surface area contributed by atoms with E-state index in [1.54, 1.807) is 24.1 Å². The summed E-state index contributed by atoms with van der Waals surface area (Å²) in [6, 6.07) is 19.1. The van der Waals surface area contributed by atoms with E-state index in [1.807, 2.05) is 79.2 Å². The molecule has 32 heavy (non-hydrogen) atoms. The SMILES string of the molecule is Cc1ccccc1OCCN(C)C(=O)c1ccc(OCc2cn3cccc(C)c3n2)cc1. The molecule has 0 bridgehead atoms. The summed E-state index contributed by atoms with van der Waals surface area (Å²) >= 11 is 0. The van der Waals surface area contributed by atoms with E-state index in [0.717, 1.165) is 28.2 Å². The van der Waals surface area contributed by atoms with Crippen molar-refractivity contribution in [2.24, 2.45) is 0 Å². The van der Waals surface area contributed by atoms with E-state index in [4.69, 9.17) is 9.47 Å². The average Bonchev–Trinajstić information content (AvgIpc) is 3.23. The number of amides is 1. The lowest BCUT2D eigenvalue weighted by molar-refractivity contribution is 0.0773. The van der Waals surface area contributed by atoms with Gasteiger partial charge in [-0.2, -0.15) is 0 Å². The summed E-state index contributed by atoms with van der Waals surface area (Å²) in [7, 11) is 1.78. The highest BCUT2D eigenvalue weighted by molar-refractivity contribution is 5.94. The van der Waals surface area contributed by atoms with Crippen molar-refractivity contribution in [3.8, 4) is 11.5 Å². The summed E-state index contributed by atoms with van der Waals surface area (Å²) in [4.78, 5) is 19.0. The molecular formula is C26H27N3O3. The number of para-hydroxylation sites is 1. The van der Waals surface area contributed by atoms with Gasteiger partial charge in [0.1, 0.15) is 30.4 Å². The number of aromatic nitrogens is 2. The van der Waals surface area contributed by atoms with Crippen molar-refractivity contribution in [3.05, 3.63) is 95.4 Å². The second kappa shape index (κ2) is 9.56. The Morgan fingerprint density at radius 3 is 2.47 bits per heavy atom. The molecule has 2 heterocycles. The van der Waals surface area contributed by atoms with Gasteiger partial charge < -0.3 is 18.8 Å². The van der Waals surface area contributed by atoms with Crippen LogP contribution >= 0.6 is 0 Å². The molecule has 2 aromatic heterocycles. The highest BCUT2D eigenvalue weighted by Gasteiger charge is 2.12. The number of nitrogens with zero attached hydrogens (tertiary/aromatic N) is 3. The molecule has 6 nitrogen and oxygen atoms in total. The van der Waals surface area contributed by atoms with Crippen LogP contribution in [0.2, 0.25) is 0 Å². The second-order valence-electron chi connectivity index (χ2n) is 7.81. The molecule has 0 saturated heterocycles. The quantitative estimate of drug-likeness (QED) is 0.408. The molecule has 0 aliphatic rings. The molecule has 164 valence electrons. The van der Waals surface area contributed by atoms with Crippen LogP contribution in [-0.4, -0.2) is 40.4 Å². The van der Waals surface area contributed by atoms with E-state index in [0.29, 0.717) is 31.1 Å². The lowest BCUT2D eigenvalue weighted by atomic mass is 10.2. The highest BCUT2D eigenvalue weighted by atomic mass is 16.5. The third-order valence-electron chi connectivity index (χ3n) is 5.34. The maximum absolute atomic E-state index is 12.7. The van der Waals surface area contributed by atoms with Gasteiger partial charge in [0.25, 0.3) is 5.91 Å². The Morgan fingerprint density at radius 1 is 0.969 bits per heavy atom. The highest BCUT2D eigenvalue weighted by Crippen LogP contribution is 2.18. The first kappa shape index (κ1) is 21.4. The van der Waals surface area contributed by atoms with E-state index in [1.165, 1.54) is 0 Å². The van der Waals surface area contributed by atoms with Crippen LogP contribution in [0.15, 0.2) is 73.1 Å². The predicted molar refractivity (Wildman–Crippen MR) is 124 cm³/mol. The fourth-order valence-electron chi connectivity index (χ4n) is 3.46. The molecule has 0 aliphatic heterocycles. The van der Waals surface area contributed by atoms with Gasteiger partial charge in [-0.3, -0.25) is 4.79 Å².